The summed E-state index contributed by atoms with van der Waals surface area (Å²) in [4.78, 5) is 14.1. The van der Waals surface area contributed by atoms with Gasteiger partial charge in [0.2, 0.25) is 0 Å². The van der Waals surface area contributed by atoms with Crippen LogP contribution in [-0.4, -0.2) is 15.0 Å². The molecule has 0 amide bonds. The van der Waals surface area contributed by atoms with Crippen LogP contribution in [0.15, 0.2) is 152 Å². The van der Waals surface area contributed by atoms with Gasteiger partial charge in [0, 0.05) is 17.8 Å². The highest BCUT2D eigenvalue weighted by Gasteiger charge is 2.35. The molecule has 0 N–H and O–H groups in total. The van der Waals surface area contributed by atoms with E-state index in [2.05, 4.69) is 127 Å². The SMILES string of the molecule is CC1(C)c2ccccc2-c2ccc(-c3cccc(-c4cccc(-c5cc(-c6ccccn6)nc(-c6ccccn6)c5)c4)c3)cc21. The first-order valence-electron chi connectivity index (χ1n) is 15.4. The Morgan fingerprint density at radius 3 is 1.47 bits per heavy atom. The van der Waals surface area contributed by atoms with Crippen LogP contribution >= 0.6 is 0 Å². The van der Waals surface area contributed by atoms with Gasteiger partial charge in [-0.25, -0.2) is 4.98 Å². The first-order valence-corrected chi connectivity index (χ1v) is 15.4. The summed E-state index contributed by atoms with van der Waals surface area (Å²) in [6, 6.07) is 49.4. The van der Waals surface area contributed by atoms with Crippen LogP contribution in [0.3, 0.4) is 0 Å². The first-order chi connectivity index (χ1) is 22.0. The Kier molecular flexibility index (Phi) is 6.46. The number of benzene rings is 4. The van der Waals surface area contributed by atoms with Gasteiger partial charge >= 0.3 is 0 Å². The van der Waals surface area contributed by atoms with Crippen LogP contribution in [0.25, 0.3) is 67.3 Å². The zero-order valence-corrected chi connectivity index (χ0v) is 25.3. The highest BCUT2D eigenvalue weighted by molar-refractivity contribution is 5.85. The Bertz CT molecular complexity index is 2130. The van der Waals surface area contributed by atoms with Crippen molar-refractivity contribution in [2.45, 2.75) is 19.3 Å². The highest BCUT2D eigenvalue weighted by atomic mass is 14.8. The van der Waals surface area contributed by atoms with E-state index in [1.807, 2.05) is 36.4 Å². The Balaban J connectivity index is 1.18. The maximum atomic E-state index is 4.95. The fourth-order valence-corrected chi connectivity index (χ4v) is 6.63. The molecule has 3 heterocycles. The Morgan fingerprint density at radius 2 is 0.889 bits per heavy atom. The maximum Gasteiger partial charge on any atom is 0.0900 e. The number of rotatable bonds is 5. The van der Waals surface area contributed by atoms with Crippen molar-refractivity contribution in [2.24, 2.45) is 0 Å². The largest absolute Gasteiger partial charge is 0.255 e. The van der Waals surface area contributed by atoms with E-state index in [9.17, 15) is 0 Å². The lowest BCUT2D eigenvalue weighted by Gasteiger charge is -2.22. The molecule has 0 saturated carbocycles. The Morgan fingerprint density at radius 1 is 0.378 bits per heavy atom. The molecule has 8 rings (SSSR count). The highest BCUT2D eigenvalue weighted by Crippen LogP contribution is 2.49. The van der Waals surface area contributed by atoms with Crippen molar-refractivity contribution >= 4 is 0 Å². The number of aromatic nitrogens is 3. The van der Waals surface area contributed by atoms with E-state index in [0.717, 1.165) is 33.9 Å². The molecule has 3 aromatic heterocycles. The number of nitrogens with zero attached hydrogens (tertiary/aromatic N) is 3. The Hall–Kier alpha value is -5.67. The van der Waals surface area contributed by atoms with Gasteiger partial charge in [-0.15, -0.1) is 0 Å². The van der Waals surface area contributed by atoms with Crippen LogP contribution in [0.2, 0.25) is 0 Å². The van der Waals surface area contributed by atoms with E-state index in [-0.39, 0.29) is 5.41 Å². The summed E-state index contributed by atoms with van der Waals surface area (Å²) in [7, 11) is 0. The quantitative estimate of drug-likeness (QED) is 0.204. The standard InChI is InChI=1S/C42H31N3/c1-42(2)36-16-4-3-15-34(36)35-20-19-32(25-37(35)42)30-13-9-11-28(23-30)29-12-10-14-31(24-29)33-26-40(38-17-5-7-21-43-38)45-41(27-33)39-18-6-8-22-44-39/h3-27H,1-2H3. The van der Waals surface area contributed by atoms with Crippen molar-refractivity contribution in [2.75, 3.05) is 0 Å². The predicted octanol–water partition coefficient (Wildman–Crippen LogP) is 10.5. The molecule has 3 nitrogen and oxygen atoms in total. The smallest absolute Gasteiger partial charge is 0.0900 e. The van der Waals surface area contributed by atoms with Crippen LogP contribution in [-0.2, 0) is 5.41 Å². The van der Waals surface area contributed by atoms with Gasteiger partial charge in [0.1, 0.15) is 0 Å². The molecule has 0 spiro atoms. The molecular formula is C42H31N3. The third-order valence-corrected chi connectivity index (χ3v) is 8.99. The zero-order chi connectivity index (χ0) is 30.4. The second kappa shape index (κ2) is 10.8. The predicted molar refractivity (Wildman–Crippen MR) is 185 cm³/mol. The number of fused-ring (bicyclic) bond motifs is 3. The van der Waals surface area contributed by atoms with E-state index < -0.39 is 0 Å². The molecule has 0 bridgehead atoms. The molecule has 0 saturated heterocycles. The van der Waals surface area contributed by atoms with Crippen LogP contribution in [0.5, 0.6) is 0 Å². The monoisotopic (exact) mass is 577 g/mol. The van der Waals surface area contributed by atoms with E-state index in [4.69, 9.17) is 4.98 Å². The molecule has 1 aliphatic carbocycles. The number of pyridine rings is 3. The number of hydrogen-bond donors (Lipinski definition) is 0. The molecule has 0 aliphatic heterocycles. The first kappa shape index (κ1) is 26.9. The van der Waals surface area contributed by atoms with E-state index in [1.165, 1.54) is 44.5 Å². The molecule has 0 fully saturated rings. The van der Waals surface area contributed by atoms with E-state index in [0.29, 0.717) is 0 Å². The van der Waals surface area contributed by atoms with Crippen molar-refractivity contribution in [1.82, 2.24) is 15.0 Å². The second-order valence-electron chi connectivity index (χ2n) is 12.1. The molecule has 214 valence electrons. The minimum absolute atomic E-state index is 0.0271. The van der Waals surface area contributed by atoms with Crippen LogP contribution < -0.4 is 0 Å². The molecule has 1 aliphatic rings. The molecule has 0 unspecified atom stereocenters. The van der Waals surface area contributed by atoms with E-state index >= 15 is 0 Å². The van der Waals surface area contributed by atoms with Crippen LogP contribution in [0, 0.1) is 0 Å². The van der Waals surface area contributed by atoms with Gasteiger partial charge < -0.3 is 0 Å². The lowest BCUT2D eigenvalue weighted by atomic mass is 9.81. The van der Waals surface area contributed by atoms with Crippen molar-refractivity contribution < 1.29 is 0 Å². The second-order valence-corrected chi connectivity index (χ2v) is 12.1. The van der Waals surface area contributed by atoms with Gasteiger partial charge in [-0.3, -0.25) is 9.97 Å². The summed E-state index contributed by atoms with van der Waals surface area (Å²) in [5.41, 5.74) is 15.8. The lowest BCUT2D eigenvalue weighted by Crippen LogP contribution is -2.14. The maximum absolute atomic E-state index is 4.95. The fourth-order valence-electron chi connectivity index (χ4n) is 6.63. The fraction of sp³-hybridized carbons (Fsp3) is 0.0714. The van der Waals surface area contributed by atoms with Crippen LogP contribution in [0.1, 0.15) is 25.0 Å². The van der Waals surface area contributed by atoms with Gasteiger partial charge in [0.25, 0.3) is 0 Å². The van der Waals surface area contributed by atoms with E-state index in [1.54, 1.807) is 12.4 Å². The molecule has 45 heavy (non-hydrogen) atoms. The Labute approximate surface area is 264 Å². The van der Waals surface area contributed by atoms with Crippen molar-refractivity contribution in [1.29, 1.82) is 0 Å². The summed E-state index contributed by atoms with van der Waals surface area (Å²) >= 11 is 0. The molecule has 3 heteroatoms. The minimum Gasteiger partial charge on any atom is -0.255 e. The summed E-state index contributed by atoms with van der Waals surface area (Å²) in [5.74, 6) is 0. The zero-order valence-electron chi connectivity index (χ0n) is 25.3. The van der Waals surface area contributed by atoms with Crippen molar-refractivity contribution in [3.8, 4) is 67.3 Å². The van der Waals surface area contributed by atoms with Gasteiger partial charge in [0.15, 0.2) is 0 Å². The average Bonchev–Trinajstić information content (AvgIpc) is 3.34. The molecule has 0 atom stereocenters. The van der Waals surface area contributed by atoms with Gasteiger partial charge in [-0.2, -0.15) is 0 Å². The summed E-state index contributed by atoms with van der Waals surface area (Å²) in [6.45, 7) is 4.67. The molecular weight excluding hydrogens is 546 g/mol. The van der Waals surface area contributed by atoms with Crippen LogP contribution in [0.4, 0.5) is 0 Å². The average molecular weight is 578 g/mol. The van der Waals surface area contributed by atoms with Gasteiger partial charge in [0.05, 0.1) is 22.8 Å². The summed E-state index contributed by atoms with van der Waals surface area (Å²) in [5, 5.41) is 0. The van der Waals surface area contributed by atoms with Gasteiger partial charge in [-0.05, 0) is 110 Å². The molecule has 0 radical (unpaired) electrons. The van der Waals surface area contributed by atoms with Gasteiger partial charge in [-0.1, -0.05) is 98.8 Å². The topological polar surface area (TPSA) is 38.7 Å². The van der Waals surface area contributed by atoms with Crippen molar-refractivity contribution in [3.63, 3.8) is 0 Å². The third-order valence-electron chi connectivity index (χ3n) is 8.99. The number of hydrogen-bond acceptors (Lipinski definition) is 3. The molecule has 7 aromatic rings. The normalized spacial score (nSPS) is 12.8. The summed E-state index contributed by atoms with van der Waals surface area (Å²) < 4.78 is 0. The minimum atomic E-state index is -0.0271. The molecule has 4 aromatic carbocycles. The van der Waals surface area contributed by atoms with Crippen molar-refractivity contribution in [3.05, 3.63) is 163 Å². The lowest BCUT2D eigenvalue weighted by molar-refractivity contribution is 0.660. The third kappa shape index (κ3) is 4.83. The summed E-state index contributed by atoms with van der Waals surface area (Å²) in [6.07, 6.45) is 3.61.